The van der Waals surface area contributed by atoms with E-state index in [1.807, 2.05) is 0 Å². The van der Waals surface area contributed by atoms with Crippen molar-refractivity contribution in [2.24, 2.45) is 0 Å². The molecule has 4 amide bonds. The third kappa shape index (κ3) is 6.00. The van der Waals surface area contributed by atoms with E-state index in [0.29, 0.717) is 24.2 Å². The standard InChI is InChI=1S/C27H28N4O7S2/c1-4-38-27(35)29-25(34)23-21-14-15-31(17(2)32)16-22(21)39-26(23)28-24(33)18-10-12-20(13-11-18)40(36,37)30(3)19-8-6-5-7-9-19/h5-13H,4,14-16H2,1-3H3,(H,28,33)(H,29,34,35). The Balaban J connectivity index is 1.59. The predicted octanol–water partition coefficient (Wildman–Crippen LogP) is 3.62. The molecular weight excluding hydrogens is 556 g/mol. The number of ether oxygens (including phenoxy) is 1. The number of hydrogen-bond acceptors (Lipinski definition) is 8. The molecule has 0 spiro atoms. The molecule has 40 heavy (non-hydrogen) atoms. The molecule has 0 fully saturated rings. The van der Waals surface area contributed by atoms with Crippen LogP contribution in [0.1, 0.15) is 45.0 Å². The zero-order valence-corrected chi connectivity index (χ0v) is 23.7. The van der Waals surface area contributed by atoms with E-state index in [2.05, 4.69) is 10.6 Å². The van der Waals surface area contributed by atoms with E-state index in [1.54, 1.807) is 42.2 Å². The summed E-state index contributed by atoms with van der Waals surface area (Å²) in [5, 5.41) is 5.11. The summed E-state index contributed by atoms with van der Waals surface area (Å²) >= 11 is 1.14. The van der Waals surface area contributed by atoms with Gasteiger partial charge in [-0.1, -0.05) is 18.2 Å². The molecule has 0 saturated carbocycles. The van der Waals surface area contributed by atoms with Gasteiger partial charge >= 0.3 is 6.09 Å². The van der Waals surface area contributed by atoms with Gasteiger partial charge in [0.1, 0.15) is 5.00 Å². The van der Waals surface area contributed by atoms with Crippen molar-refractivity contribution in [3.05, 3.63) is 76.2 Å². The molecule has 2 heterocycles. The lowest BCUT2D eigenvalue weighted by Gasteiger charge is -2.26. The number of nitrogens with zero attached hydrogens (tertiary/aromatic N) is 2. The first-order valence-electron chi connectivity index (χ1n) is 12.4. The van der Waals surface area contributed by atoms with E-state index in [4.69, 9.17) is 4.74 Å². The summed E-state index contributed by atoms with van der Waals surface area (Å²) in [6.45, 7) is 3.79. The highest BCUT2D eigenvalue weighted by Crippen LogP contribution is 2.37. The lowest BCUT2D eigenvalue weighted by atomic mass is 10.0. The minimum Gasteiger partial charge on any atom is -0.450 e. The quantitative estimate of drug-likeness (QED) is 0.432. The van der Waals surface area contributed by atoms with Gasteiger partial charge in [-0.25, -0.2) is 13.2 Å². The molecule has 0 unspecified atom stereocenters. The van der Waals surface area contributed by atoms with E-state index in [9.17, 15) is 27.6 Å². The van der Waals surface area contributed by atoms with Crippen LogP contribution in [-0.2, 0) is 32.5 Å². The third-order valence-corrected chi connectivity index (χ3v) is 9.27. The summed E-state index contributed by atoms with van der Waals surface area (Å²) in [6, 6.07) is 14.0. The van der Waals surface area contributed by atoms with Crippen LogP contribution in [-0.4, -0.2) is 57.3 Å². The maximum atomic E-state index is 13.2. The Bertz CT molecular complexity index is 1550. The molecule has 0 aliphatic carbocycles. The van der Waals surface area contributed by atoms with Gasteiger partial charge in [0.25, 0.3) is 21.8 Å². The average Bonchev–Trinajstić information content (AvgIpc) is 3.30. The largest absolute Gasteiger partial charge is 0.450 e. The van der Waals surface area contributed by atoms with Crippen LogP contribution >= 0.6 is 11.3 Å². The van der Waals surface area contributed by atoms with Crippen molar-refractivity contribution < 1.29 is 32.3 Å². The second-order valence-corrected chi connectivity index (χ2v) is 11.9. The lowest BCUT2D eigenvalue weighted by Crippen LogP contribution is -2.35. The van der Waals surface area contributed by atoms with Gasteiger partial charge in [-0.05, 0) is 55.3 Å². The number of benzene rings is 2. The number of anilines is 2. The minimum absolute atomic E-state index is 0.000758. The molecule has 1 aliphatic heterocycles. The average molecular weight is 585 g/mol. The number of rotatable bonds is 7. The number of imide groups is 1. The zero-order valence-electron chi connectivity index (χ0n) is 22.1. The summed E-state index contributed by atoms with van der Waals surface area (Å²) < 4.78 is 32.1. The van der Waals surface area contributed by atoms with Gasteiger partial charge in [-0.3, -0.25) is 24.0 Å². The van der Waals surface area contributed by atoms with Gasteiger partial charge in [0, 0.05) is 31.0 Å². The Morgan fingerprint density at radius 3 is 2.33 bits per heavy atom. The molecular formula is C27H28N4O7S2. The van der Waals surface area contributed by atoms with E-state index < -0.39 is 27.9 Å². The van der Waals surface area contributed by atoms with Crippen molar-refractivity contribution in [1.82, 2.24) is 10.2 Å². The number of nitrogens with one attached hydrogen (secondary N) is 2. The fourth-order valence-corrected chi connectivity index (χ4v) is 6.66. The smallest absolute Gasteiger partial charge is 0.414 e. The second kappa shape index (κ2) is 11.9. The van der Waals surface area contributed by atoms with Crippen molar-refractivity contribution in [3.8, 4) is 0 Å². The normalized spacial score (nSPS) is 12.7. The van der Waals surface area contributed by atoms with Crippen molar-refractivity contribution in [3.63, 3.8) is 0 Å². The number of sulfonamides is 1. The van der Waals surface area contributed by atoms with Crippen molar-refractivity contribution >= 4 is 55.9 Å². The molecule has 1 aromatic heterocycles. The number of para-hydroxylation sites is 1. The second-order valence-electron chi connectivity index (χ2n) is 8.86. The van der Waals surface area contributed by atoms with Gasteiger partial charge in [-0.2, -0.15) is 0 Å². The van der Waals surface area contributed by atoms with Crippen LogP contribution in [0.2, 0.25) is 0 Å². The number of fused-ring (bicyclic) bond motifs is 1. The molecule has 0 bridgehead atoms. The zero-order chi connectivity index (χ0) is 29.0. The van der Waals surface area contributed by atoms with E-state index >= 15 is 0 Å². The molecule has 0 saturated heterocycles. The Kier molecular flexibility index (Phi) is 8.55. The Hall–Kier alpha value is -4.23. The first kappa shape index (κ1) is 28.8. The van der Waals surface area contributed by atoms with Crippen LogP contribution in [0.25, 0.3) is 0 Å². The molecule has 0 radical (unpaired) electrons. The number of amides is 4. The molecule has 2 N–H and O–H groups in total. The number of alkyl carbamates (subject to hydrolysis) is 1. The maximum Gasteiger partial charge on any atom is 0.414 e. The van der Waals surface area contributed by atoms with E-state index in [-0.39, 0.29) is 40.1 Å². The Morgan fingerprint density at radius 2 is 1.70 bits per heavy atom. The van der Waals surface area contributed by atoms with Crippen molar-refractivity contribution in [1.29, 1.82) is 0 Å². The molecule has 0 atom stereocenters. The SMILES string of the molecule is CCOC(=O)NC(=O)c1c(NC(=O)c2ccc(S(=O)(=O)N(C)c3ccccc3)cc2)sc2c1CCN(C(C)=O)C2. The highest BCUT2D eigenvalue weighted by atomic mass is 32.2. The van der Waals surface area contributed by atoms with Crippen LogP contribution < -0.4 is 14.9 Å². The van der Waals surface area contributed by atoms with Gasteiger partial charge in [-0.15, -0.1) is 11.3 Å². The molecule has 3 aromatic rings. The molecule has 1 aliphatic rings. The lowest BCUT2D eigenvalue weighted by molar-refractivity contribution is -0.129. The Labute approximate surface area is 235 Å². The molecule has 13 heteroatoms. The van der Waals surface area contributed by atoms with E-state index in [1.165, 1.54) is 38.2 Å². The van der Waals surface area contributed by atoms with Crippen LogP contribution in [0.15, 0.2) is 59.5 Å². The molecule has 210 valence electrons. The maximum absolute atomic E-state index is 13.2. The first-order valence-corrected chi connectivity index (χ1v) is 14.6. The van der Waals surface area contributed by atoms with Crippen molar-refractivity contribution in [2.75, 3.05) is 29.8 Å². The summed E-state index contributed by atoms with van der Waals surface area (Å²) in [7, 11) is -2.42. The summed E-state index contributed by atoms with van der Waals surface area (Å²) in [5.41, 5.74) is 1.43. The van der Waals surface area contributed by atoms with Crippen LogP contribution in [0.3, 0.4) is 0 Å². The number of carbonyl (C=O) groups excluding carboxylic acids is 4. The van der Waals surface area contributed by atoms with Gasteiger partial charge in [0.2, 0.25) is 5.91 Å². The van der Waals surface area contributed by atoms with Crippen LogP contribution in [0.5, 0.6) is 0 Å². The van der Waals surface area contributed by atoms with Crippen LogP contribution in [0, 0.1) is 0 Å². The molecule has 4 rings (SSSR count). The first-order chi connectivity index (χ1) is 19.0. The fourth-order valence-electron chi connectivity index (χ4n) is 4.21. The van der Waals surface area contributed by atoms with Gasteiger partial charge < -0.3 is 15.0 Å². The third-order valence-electron chi connectivity index (χ3n) is 6.34. The summed E-state index contributed by atoms with van der Waals surface area (Å²) in [5.74, 6) is -1.42. The fraction of sp³-hybridized carbons (Fsp3) is 0.259. The predicted molar refractivity (Wildman–Crippen MR) is 150 cm³/mol. The number of carbonyl (C=O) groups is 4. The summed E-state index contributed by atoms with van der Waals surface area (Å²) in [6.07, 6.45) is -0.544. The number of hydrogen-bond donors (Lipinski definition) is 2. The summed E-state index contributed by atoms with van der Waals surface area (Å²) in [4.78, 5) is 52.4. The monoisotopic (exact) mass is 584 g/mol. The van der Waals surface area contributed by atoms with Crippen molar-refractivity contribution in [2.45, 2.75) is 31.7 Å². The highest BCUT2D eigenvalue weighted by Gasteiger charge is 2.31. The van der Waals surface area contributed by atoms with E-state index in [0.717, 1.165) is 20.5 Å². The minimum atomic E-state index is -3.87. The molecule has 2 aromatic carbocycles. The topological polar surface area (TPSA) is 142 Å². The number of thiophene rings is 1. The van der Waals surface area contributed by atoms with Gasteiger partial charge in [0.15, 0.2) is 0 Å². The van der Waals surface area contributed by atoms with Crippen LogP contribution in [0.4, 0.5) is 15.5 Å². The molecule has 11 nitrogen and oxygen atoms in total. The Morgan fingerprint density at radius 1 is 1.02 bits per heavy atom. The van der Waals surface area contributed by atoms with Gasteiger partial charge in [0.05, 0.1) is 29.3 Å². The highest BCUT2D eigenvalue weighted by molar-refractivity contribution is 7.92.